The lowest BCUT2D eigenvalue weighted by Crippen LogP contribution is -2.64. The van der Waals surface area contributed by atoms with E-state index in [1.807, 2.05) is 36.4 Å². The fraction of sp³-hybridized carbons (Fsp3) is 0.587. The first-order valence-corrected chi connectivity index (χ1v) is 23.2. The van der Waals surface area contributed by atoms with Crippen LogP contribution in [0, 0.1) is 0 Å². The Bertz CT molecular complexity index is 1630. The van der Waals surface area contributed by atoms with Gasteiger partial charge in [-0.2, -0.15) is 0 Å². The molecular formula is C46H68N2O8Si. The normalized spacial score (nSPS) is 19.9. The van der Waals surface area contributed by atoms with E-state index in [1.54, 1.807) is 19.1 Å². The number of anilines is 1. The molecule has 0 radical (unpaired) electrons. The Kier molecular flexibility index (Phi) is 16.7. The standard InChI is InChI=1S/C46H68N2O8Si/c1-33(2)57(34(3)4,35(5)6)56-43-31-48(46(49)50)41(29-36-15-10-9-11-16-36)45(44(43)38-18-20-39(21-19-38)53-27-13-12-25-51-7)55-32-37-17-22-42-40(30-37)47(24-28-54-42)23-14-26-52-8/h9-11,15-22,30,33-35,41,43-45H,12-14,23-29,31-32H2,1-8H3,(H,49,50)/t41?,43-,44+,45+/m1/s1. The van der Waals surface area contributed by atoms with E-state index in [2.05, 4.69) is 82.8 Å². The van der Waals surface area contributed by atoms with Crippen molar-refractivity contribution in [2.45, 2.75) is 115 Å². The van der Waals surface area contributed by atoms with Crippen molar-refractivity contribution in [3.63, 3.8) is 0 Å². The van der Waals surface area contributed by atoms with Gasteiger partial charge in [0.15, 0.2) is 0 Å². The van der Waals surface area contributed by atoms with E-state index in [0.29, 0.717) is 56.1 Å². The van der Waals surface area contributed by atoms with Crippen molar-refractivity contribution < 1.29 is 38.0 Å². The highest BCUT2D eigenvalue weighted by molar-refractivity contribution is 6.77. The van der Waals surface area contributed by atoms with Crippen LogP contribution in [-0.4, -0.2) is 103 Å². The average molecular weight is 805 g/mol. The molecule has 0 bridgehead atoms. The summed E-state index contributed by atoms with van der Waals surface area (Å²) in [6, 6.07) is 24.3. The SMILES string of the molecule is COCCCCOc1ccc([C@H]2[C@H](O[Si](C(C)C)(C(C)C)C(C)C)CN(C(=O)O)C(Cc3ccccc3)[C@@H]2OCc2ccc3c(c2)N(CCCOC)CCO3)cc1. The van der Waals surface area contributed by atoms with Crippen molar-refractivity contribution >= 4 is 20.1 Å². The van der Waals surface area contributed by atoms with Crippen molar-refractivity contribution in [2.24, 2.45) is 0 Å². The lowest BCUT2D eigenvalue weighted by atomic mass is 9.78. The van der Waals surface area contributed by atoms with Gasteiger partial charge in [0.1, 0.15) is 18.1 Å². The van der Waals surface area contributed by atoms with E-state index in [9.17, 15) is 9.90 Å². The van der Waals surface area contributed by atoms with Gasteiger partial charge < -0.3 is 38.1 Å². The van der Waals surface area contributed by atoms with Crippen LogP contribution in [0.5, 0.6) is 11.5 Å². The molecule has 0 saturated carbocycles. The zero-order valence-corrected chi connectivity index (χ0v) is 36.7. The molecule has 1 unspecified atom stereocenters. The van der Waals surface area contributed by atoms with E-state index in [4.69, 9.17) is 28.1 Å². The molecule has 3 aromatic carbocycles. The van der Waals surface area contributed by atoms with Crippen LogP contribution >= 0.6 is 0 Å². The second-order valence-corrected chi connectivity index (χ2v) is 22.0. The Balaban J connectivity index is 1.57. The maximum atomic E-state index is 13.4. The first-order chi connectivity index (χ1) is 27.5. The maximum absolute atomic E-state index is 13.4. The van der Waals surface area contributed by atoms with Gasteiger partial charge in [0, 0.05) is 39.9 Å². The Hall–Kier alpha value is -3.61. The minimum Gasteiger partial charge on any atom is -0.494 e. The van der Waals surface area contributed by atoms with Crippen molar-refractivity contribution in [3.05, 3.63) is 89.5 Å². The van der Waals surface area contributed by atoms with Crippen molar-refractivity contribution in [2.75, 3.05) is 65.2 Å². The zero-order chi connectivity index (χ0) is 41.0. The molecule has 2 heterocycles. The first-order valence-electron chi connectivity index (χ1n) is 21.0. The Labute approximate surface area is 342 Å². The molecular weight excluding hydrogens is 737 g/mol. The molecule has 10 nitrogen and oxygen atoms in total. The lowest BCUT2D eigenvalue weighted by Gasteiger charge is -2.53. The smallest absolute Gasteiger partial charge is 0.407 e. The second-order valence-electron chi connectivity index (χ2n) is 16.6. The number of hydrogen-bond acceptors (Lipinski definition) is 8. The molecule has 4 atom stereocenters. The van der Waals surface area contributed by atoms with E-state index in [-0.39, 0.29) is 12.5 Å². The van der Waals surface area contributed by atoms with E-state index in [1.165, 1.54) is 0 Å². The summed E-state index contributed by atoms with van der Waals surface area (Å²) < 4.78 is 37.6. The minimum atomic E-state index is -2.48. The molecule has 11 heteroatoms. The predicted molar refractivity (Wildman–Crippen MR) is 230 cm³/mol. The lowest BCUT2D eigenvalue weighted by molar-refractivity contribution is -0.0946. The van der Waals surface area contributed by atoms with Crippen molar-refractivity contribution in [1.82, 2.24) is 4.90 Å². The number of amides is 1. The molecule has 1 N–H and O–H groups in total. The van der Waals surface area contributed by atoms with E-state index in [0.717, 1.165) is 66.2 Å². The van der Waals surface area contributed by atoms with Gasteiger partial charge in [0.05, 0.1) is 50.2 Å². The van der Waals surface area contributed by atoms with Gasteiger partial charge in [0.2, 0.25) is 8.32 Å². The molecule has 5 rings (SSSR count). The van der Waals surface area contributed by atoms with Gasteiger partial charge in [0.25, 0.3) is 0 Å². The quantitative estimate of drug-likeness (QED) is 0.0834. The molecule has 2 aliphatic heterocycles. The van der Waals surface area contributed by atoms with Gasteiger partial charge in [-0.1, -0.05) is 90.1 Å². The topological polar surface area (TPSA) is 99.2 Å². The number of carbonyl (C=O) groups is 1. The third-order valence-corrected chi connectivity index (χ3v) is 18.1. The number of benzene rings is 3. The van der Waals surface area contributed by atoms with Crippen molar-refractivity contribution in [1.29, 1.82) is 0 Å². The van der Waals surface area contributed by atoms with Crippen LogP contribution in [0.15, 0.2) is 72.8 Å². The number of ether oxygens (including phenoxy) is 5. The van der Waals surface area contributed by atoms with Crippen LogP contribution < -0.4 is 14.4 Å². The molecule has 0 aromatic heterocycles. The number of hydrogen-bond donors (Lipinski definition) is 1. The van der Waals surface area contributed by atoms with Gasteiger partial charge >= 0.3 is 6.09 Å². The fourth-order valence-corrected chi connectivity index (χ4v) is 14.9. The summed E-state index contributed by atoms with van der Waals surface area (Å²) in [6.07, 6.45) is 1.36. The number of fused-ring (bicyclic) bond motifs is 1. The summed E-state index contributed by atoms with van der Waals surface area (Å²) in [5.74, 6) is 1.42. The summed E-state index contributed by atoms with van der Waals surface area (Å²) in [6.45, 7) is 18.6. The Morgan fingerprint density at radius 3 is 2.16 bits per heavy atom. The number of nitrogens with zero attached hydrogens (tertiary/aromatic N) is 2. The molecule has 0 aliphatic carbocycles. The highest BCUT2D eigenvalue weighted by atomic mass is 28.4. The first kappa shape index (κ1) is 44.5. The van der Waals surface area contributed by atoms with Crippen LogP contribution in [0.1, 0.15) is 83.4 Å². The third kappa shape index (κ3) is 11.1. The highest BCUT2D eigenvalue weighted by Gasteiger charge is 2.53. The fourth-order valence-electron chi connectivity index (χ4n) is 9.33. The summed E-state index contributed by atoms with van der Waals surface area (Å²) in [4.78, 5) is 17.4. The number of likely N-dealkylation sites (tertiary alicyclic amines) is 1. The molecule has 1 saturated heterocycles. The third-order valence-electron chi connectivity index (χ3n) is 12.0. The summed E-state index contributed by atoms with van der Waals surface area (Å²) in [5, 5.41) is 11.0. The van der Waals surface area contributed by atoms with Crippen LogP contribution in [0.25, 0.3) is 0 Å². The molecule has 2 aliphatic rings. The predicted octanol–water partition coefficient (Wildman–Crippen LogP) is 9.56. The minimum absolute atomic E-state index is 0.250. The van der Waals surface area contributed by atoms with E-state index >= 15 is 0 Å². The van der Waals surface area contributed by atoms with Crippen LogP contribution in [0.3, 0.4) is 0 Å². The molecule has 1 amide bonds. The number of rotatable bonds is 21. The second kappa shape index (κ2) is 21.4. The number of carboxylic acid groups (broad SMARTS) is 1. The Morgan fingerprint density at radius 1 is 0.842 bits per heavy atom. The van der Waals surface area contributed by atoms with Gasteiger partial charge in [-0.15, -0.1) is 0 Å². The largest absolute Gasteiger partial charge is 0.494 e. The summed E-state index contributed by atoms with van der Waals surface area (Å²) in [7, 11) is 0.969. The summed E-state index contributed by atoms with van der Waals surface area (Å²) >= 11 is 0. The molecule has 1 fully saturated rings. The van der Waals surface area contributed by atoms with Crippen LogP contribution in [0.4, 0.5) is 10.5 Å². The van der Waals surface area contributed by atoms with Gasteiger partial charge in [-0.25, -0.2) is 4.79 Å². The Morgan fingerprint density at radius 2 is 1.51 bits per heavy atom. The van der Waals surface area contributed by atoms with Crippen molar-refractivity contribution in [3.8, 4) is 11.5 Å². The molecule has 0 spiro atoms. The maximum Gasteiger partial charge on any atom is 0.407 e. The summed E-state index contributed by atoms with van der Waals surface area (Å²) in [5.41, 5.74) is 5.12. The monoisotopic (exact) mass is 804 g/mol. The van der Waals surface area contributed by atoms with Gasteiger partial charge in [-0.3, -0.25) is 4.90 Å². The number of piperidine rings is 1. The molecule has 3 aromatic rings. The highest BCUT2D eigenvalue weighted by Crippen LogP contribution is 2.47. The van der Waals surface area contributed by atoms with E-state index < -0.39 is 32.7 Å². The number of unbranched alkanes of at least 4 members (excludes halogenated alkanes) is 1. The average Bonchev–Trinajstić information content (AvgIpc) is 3.19. The van der Waals surface area contributed by atoms with Crippen LogP contribution in [-0.2, 0) is 31.7 Å². The van der Waals surface area contributed by atoms with Gasteiger partial charge in [-0.05, 0) is 83.3 Å². The zero-order valence-electron chi connectivity index (χ0n) is 35.7. The number of methoxy groups -OCH3 is 2. The van der Waals surface area contributed by atoms with Crippen LogP contribution in [0.2, 0.25) is 16.6 Å². The molecule has 314 valence electrons. The molecule has 57 heavy (non-hydrogen) atoms.